The summed E-state index contributed by atoms with van der Waals surface area (Å²) in [6, 6.07) is 12.5. The molecule has 98 valence electrons. The molecular weight excluding hydrogens is 236 g/mol. The third-order valence-corrected chi connectivity index (χ3v) is 3.67. The Kier molecular flexibility index (Phi) is 3.47. The molecule has 0 radical (unpaired) electrons. The third kappa shape index (κ3) is 2.61. The zero-order chi connectivity index (χ0) is 13.1. The van der Waals surface area contributed by atoms with Gasteiger partial charge in [0, 0.05) is 19.3 Å². The van der Waals surface area contributed by atoms with Crippen molar-refractivity contribution in [2.75, 3.05) is 11.4 Å². The van der Waals surface area contributed by atoms with E-state index in [1.165, 1.54) is 11.1 Å². The number of aliphatic hydroxyl groups excluding tert-OH is 1. The molecule has 0 unspecified atom stereocenters. The first-order chi connectivity index (χ1) is 9.36. The molecule has 0 saturated carbocycles. The van der Waals surface area contributed by atoms with E-state index in [9.17, 15) is 5.11 Å². The topological polar surface area (TPSA) is 36.4 Å². The summed E-state index contributed by atoms with van der Waals surface area (Å²) >= 11 is 0. The molecule has 0 atom stereocenters. The maximum Gasteiger partial charge on any atom is 0.129 e. The molecule has 1 aromatic heterocycles. The van der Waals surface area contributed by atoms with Gasteiger partial charge in [0.05, 0.1) is 6.61 Å². The van der Waals surface area contributed by atoms with Gasteiger partial charge >= 0.3 is 0 Å². The van der Waals surface area contributed by atoms with Crippen LogP contribution < -0.4 is 4.90 Å². The van der Waals surface area contributed by atoms with Crippen molar-refractivity contribution in [3.63, 3.8) is 0 Å². The highest BCUT2D eigenvalue weighted by atomic mass is 16.3. The van der Waals surface area contributed by atoms with E-state index in [1.807, 2.05) is 12.1 Å². The molecule has 0 saturated heterocycles. The number of benzene rings is 1. The van der Waals surface area contributed by atoms with Crippen molar-refractivity contribution in [3.05, 3.63) is 59.3 Å². The van der Waals surface area contributed by atoms with Crippen LogP contribution in [0.25, 0.3) is 0 Å². The van der Waals surface area contributed by atoms with Crippen LogP contribution in [0.15, 0.2) is 42.6 Å². The van der Waals surface area contributed by atoms with Gasteiger partial charge in [0.15, 0.2) is 0 Å². The van der Waals surface area contributed by atoms with Crippen LogP contribution >= 0.6 is 0 Å². The summed E-state index contributed by atoms with van der Waals surface area (Å²) in [4.78, 5) is 6.74. The van der Waals surface area contributed by atoms with E-state index < -0.39 is 0 Å². The molecular formula is C16H18N2O. The Bertz CT molecular complexity index is 568. The fourth-order valence-corrected chi connectivity index (χ4v) is 2.63. The molecule has 0 fully saturated rings. The minimum atomic E-state index is 0.0694. The third-order valence-electron chi connectivity index (χ3n) is 3.67. The van der Waals surface area contributed by atoms with E-state index in [0.717, 1.165) is 37.3 Å². The first-order valence-corrected chi connectivity index (χ1v) is 6.74. The summed E-state index contributed by atoms with van der Waals surface area (Å²) in [5, 5.41) is 9.23. The lowest BCUT2D eigenvalue weighted by molar-refractivity contribution is 0.281. The first-order valence-electron chi connectivity index (χ1n) is 6.74. The number of fused-ring (bicyclic) bond motifs is 1. The van der Waals surface area contributed by atoms with Crippen LogP contribution in [0.1, 0.15) is 23.1 Å². The predicted octanol–water partition coefficient (Wildman–Crippen LogP) is 2.53. The van der Waals surface area contributed by atoms with E-state index in [1.54, 1.807) is 6.20 Å². The van der Waals surface area contributed by atoms with Crippen LogP contribution in [-0.4, -0.2) is 16.6 Å². The van der Waals surface area contributed by atoms with Gasteiger partial charge in [-0.25, -0.2) is 4.98 Å². The van der Waals surface area contributed by atoms with Crippen molar-refractivity contribution in [2.45, 2.75) is 26.0 Å². The van der Waals surface area contributed by atoms with E-state index in [4.69, 9.17) is 0 Å². The van der Waals surface area contributed by atoms with Gasteiger partial charge in [0.25, 0.3) is 0 Å². The van der Waals surface area contributed by atoms with Crippen LogP contribution in [0, 0.1) is 0 Å². The fraction of sp³-hybridized carbons (Fsp3) is 0.312. The summed E-state index contributed by atoms with van der Waals surface area (Å²) < 4.78 is 0. The van der Waals surface area contributed by atoms with Crippen molar-refractivity contribution in [1.82, 2.24) is 4.98 Å². The molecule has 3 nitrogen and oxygen atoms in total. The largest absolute Gasteiger partial charge is 0.392 e. The zero-order valence-corrected chi connectivity index (χ0v) is 10.9. The number of hydrogen-bond donors (Lipinski definition) is 1. The average Bonchev–Trinajstić information content (AvgIpc) is 2.69. The molecule has 3 rings (SSSR count). The van der Waals surface area contributed by atoms with E-state index in [2.05, 4.69) is 34.1 Å². The van der Waals surface area contributed by atoms with Crippen molar-refractivity contribution < 1.29 is 5.11 Å². The first kappa shape index (κ1) is 12.2. The lowest BCUT2D eigenvalue weighted by Crippen LogP contribution is -2.23. The standard InChI is InChI=1S/C16H18N2O/c19-12-13-7-8-17-16(10-13)18-9-3-6-14-4-1-2-5-15(14)11-18/h1-2,4-5,7-8,10,19H,3,6,9,11-12H2. The van der Waals surface area contributed by atoms with Crippen molar-refractivity contribution in [1.29, 1.82) is 0 Å². The summed E-state index contributed by atoms with van der Waals surface area (Å²) in [7, 11) is 0. The SMILES string of the molecule is OCc1ccnc(N2CCCc3ccccc3C2)c1. The fourth-order valence-electron chi connectivity index (χ4n) is 2.63. The number of pyridine rings is 1. The normalized spacial score (nSPS) is 14.9. The van der Waals surface area contributed by atoms with Gasteiger partial charge in [-0.3, -0.25) is 0 Å². The Morgan fingerprint density at radius 3 is 2.84 bits per heavy atom. The molecule has 0 aliphatic carbocycles. The number of aromatic nitrogens is 1. The highest BCUT2D eigenvalue weighted by Crippen LogP contribution is 2.22. The monoisotopic (exact) mass is 254 g/mol. The minimum absolute atomic E-state index is 0.0694. The van der Waals surface area contributed by atoms with Crippen LogP contribution in [0.4, 0.5) is 5.82 Å². The van der Waals surface area contributed by atoms with E-state index >= 15 is 0 Å². The Hall–Kier alpha value is -1.87. The van der Waals surface area contributed by atoms with Crippen molar-refractivity contribution >= 4 is 5.82 Å². The second-order valence-corrected chi connectivity index (χ2v) is 4.97. The van der Waals surface area contributed by atoms with Crippen molar-refractivity contribution in [3.8, 4) is 0 Å². The Labute approximate surface area is 113 Å². The van der Waals surface area contributed by atoms with Gasteiger partial charge in [-0.2, -0.15) is 0 Å². The summed E-state index contributed by atoms with van der Waals surface area (Å²) in [6.45, 7) is 1.98. The number of nitrogens with zero attached hydrogens (tertiary/aromatic N) is 2. The lowest BCUT2D eigenvalue weighted by Gasteiger charge is -2.22. The molecule has 3 heteroatoms. The average molecular weight is 254 g/mol. The second-order valence-electron chi connectivity index (χ2n) is 4.97. The molecule has 1 N–H and O–H groups in total. The van der Waals surface area contributed by atoms with Crippen molar-refractivity contribution in [2.24, 2.45) is 0 Å². The van der Waals surface area contributed by atoms with Crippen LogP contribution in [0.3, 0.4) is 0 Å². The summed E-state index contributed by atoms with van der Waals surface area (Å²) in [5.74, 6) is 0.961. The predicted molar refractivity (Wildman–Crippen MR) is 76.0 cm³/mol. The van der Waals surface area contributed by atoms with E-state index in [-0.39, 0.29) is 6.61 Å². The van der Waals surface area contributed by atoms with Gasteiger partial charge in [0.2, 0.25) is 0 Å². The lowest BCUT2D eigenvalue weighted by atomic mass is 10.0. The van der Waals surface area contributed by atoms with Crippen LogP contribution in [-0.2, 0) is 19.6 Å². The number of aryl methyl sites for hydroxylation is 1. The maximum atomic E-state index is 9.23. The number of aliphatic hydroxyl groups is 1. The highest BCUT2D eigenvalue weighted by Gasteiger charge is 2.15. The number of rotatable bonds is 2. The van der Waals surface area contributed by atoms with Crippen LogP contribution in [0.5, 0.6) is 0 Å². The second kappa shape index (κ2) is 5.41. The quantitative estimate of drug-likeness (QED) is 0.894. The van der Waals surface area contributed by atoms with Gasteiger partial charge in [-0.05, 0) is 41.7 Å². The molecule has 2 aromatic rings. The molecule has 1 aromatic carbocycles. The van der Waals surface area contributed by atoms with Gasteiger partial charge in [0.1, 0.15) is 5.82 Å². The molecule has 0 amide bonds. The van der Waals surface area contributed by atoms with Gasteiger partial charge in [-0.15, -0.1) is 0 Å². The van der Waals surface area contributed by atoms with Gasteiger partial charge < -0.3 is 10.0 Å². The highest BCUT2D eigenvalue weighted by molar-refractivity contribution is 5.44. The molecule has 1 aliphatic heterocycles. The maximum absolute atomic E-state index is 9.23. The summed E-state index contributed by atoms with van der Waals surface area (Å²) in [6.07, 6.45) is 4.05. The Balaban J connectivity index is 1.89. The smallest absolute Gasteiger partial charge is 0.129 e. The summed E-state index contributed by atoms with van der Waals surface area (Å²) in [5.41, 5.74) is 3.75. The number of anilines is 1. The molecule has 1 aliphatic rings. The van der Waals surface area contributed by atoms with E-state index in [0.29, 0.717) is 0 Å². The minimum Gasteiger partial charge on any atom is -0.392 e. The zero-order valence-electron chi connectivity index (χ0n) is 10.9. The molecule has 19 heavy (non-hydrogen) atoms. The molecule has 0 bridgehead atoms. The molecule has 2 heterocycles. The Morgan fingerprint density at radius 2 is 2.00 bits per heavy atom. The molecule has 0 spiro atoms. The number of hydrogen-bond acceptors (Lipinski definition) is 3. The van der Waals surface area contributed by atoms with Crippen LogP contribution in [0.2, 0.25) is 0 Å². The Morgan fingerprint density at radius 1 is 1.16 bits per heavy atom. The van der Waals surface area contributed by atoms with Gasteiger partial charge in [-0.1, -0.05) is 24.3 Å².